The van der Waals surface area contributed by atoms with Crippen LogP contribution in [0.1, 0.15) is 59.1 Å². The van der Waals surface area contributed by atoms with Crippen LogP contribution in [-0.2, 0) is 25.7 Å². The summed E-state index contributed by atoms with van der Waals surface area (Å²) < 4.78 is 16.5. The number of hydrogen-bond donors (Lipinski definition) is 0. The second kappa shape index (κ2) is 7.22. The van der Waals surface area contributed by atoms with Crippen molar-refractivity contribution in [2.75, 3.05) is 0 Å². The molecule has 1 saturated carbocycles. The van der Waals surface area contributed by atoms with Gasteiger partial charge in [0.1, 0.15) is 18.0 Å². The highest BCUT2D eigenvalue weighted by Gasteiger charge is 2.25. The fourth-order valence-electron chi connectivity index (χ4n) is 4.93. The van der Waals surface area contributed by atoms with E-state index in [2.05, 4.69) is 22.3 Å². The summed E-state index contributed by atoms with van der Waals surface area (Å²) in [6.45, 7) is 2.04. The molecule has 2 aliphatic rings. The highest BCUT2D eigenvalue weighted by molar-refractivity contribution is 5.78. The van der Waals surface area contributed by atoms with Crippen molar-refractivity contribution < 1.29 is 4.39 Å². The van der Waals surface area contributed by atoms with Crippen LogP contribution in [-0.4, -0.2) is 24.6 Å². The van der Waals surface area contributed by atoms with Gasteiger partial charge in [-0.1, -0.05) is 12.1 Å². The number of rotatable bonds is 5. The summed E-state index contributed by atoms with van der Waals surface area (Å²) in [7, 11) is 0. The molecule has 0 radical (unpaired) electrons. The lowest BCUT2D eigenvalue weighted by Crippen LogP contribution is -2.07. The molecule has 0 aliphatic heterocycles. The van der Waals surface area contributed by atoms with E-state index in [0.717, 1.165) is 53.1 Å². The van der Waals surface area contributed by atoms with E-state index < -0.39 is 0 Å². The summed E-state index contributed by atoms with van der Waals surface area (Å²) in [5.74, 6) is 1.37. The number of halogens is 1. The maximum atomic E-state index is 14.6. The van der Waals surface area contributed by atoms with E-state index in [0.29, 0.717) is 18.8 Å². The Balaban J connectivity index is 1.33. The average molecular weight is 414 g/mol. The van der Waals surface area contributed by atoms with Gasteiger partial charge in [0.05, 0.1) is 0 Å². The van der Waals surface area contributed by atoms with Gasteiger partial charge in [-0.2, -0.15) is 0 Å². The zero-order valence-electron chi connectivity index (χ0n) is 17.6. The van der Waals surface area contributed by atoms with Crippen molar-refractivity contribution in [2.24, 2.45) is 0 Å². The summed E-state index contributed by atoms with van der Waals surface area (Å²) in [6.07, 6.45) is 10.5. The number of aryl methyl sites for hydroxylation is 3. The van der Waals surface area contributed by atoms with Crippen molar-refractivity contribution in [3.63, 3.8) is 0 Å². The second-order valence-electron chi connectivity index (χ2n) is 8.77. The maximum Gasteiger partial charge on any atom is 0.171 e. The first-order valence-corrected chi connectivity index (χ1v) is 11.1. The lowest BCUT2D eigenvalue weighted by atomic mass is 9.98. The van der Waals surface area contributed by atoms with Crippen molar-refractivity contribution in [2.45, 2.75) is 57.8 Å². The molecule has 0 atom stereocenters. The minimum Gasteiger partial charge on any atom is -0.269 e. The smallest absolute Gasteiger partial charge is 0.171 e. The molecular weight excluding hydrogens is 389 g/mol. The third-order valence-electron chi connectivity index (χ3n) is 6.75. The van der Waals surface area contributed by atoms with Crippen LogP contribution in [0.2, 0.25) is 0 Å². The fraction of sp³-hybridized carbons (Fsp3) is 0.360. The number of benzene rings is 1. The molecule has 0 N–H and O–H groups in total. The summed E-state index contributed by atoms with van der Waals surface area (Å²) >= 11 is 0. The zero-order chi connectivity index (χ0) is 20.9. The molecule has 3 aromatic heterocycles. The third-order valence-corrected chi connectivity index (χ3v) is 6.75. The Morgan fingerprint density at radius 2 is 1.97 bits per heavy atom. The van der Waals surface area contributed by atoms with E-state index in [4.69, 9.17) is 9.97 Å². The minimum atomic E-state index is -0.102. The number of aromatic nitrogens is 5. The summed E-state index contributed by atoms with van der Waals surface area (Å²) in [4.78, 5) is 9.55. The van der Waals surface area contributed by atoms with Crippen LogP contribution in [0.25, 0.3) is 16.8 Å². The lowest BCUT2D eigenvalue weighted by Gasteiger charge is -2.12. The van der Waals surface area contributed by atoms with Gasteiger partial charge in [-0.15, -0.1) is 10.2 Å². The van der Waals surface area contributed by atoms with Crippen molar-refractivity contribution in [3.05, 3.63) is 76.5 Å². The summed E-state index contributed by atoms with van der Waals surface area (Å²) in [5.41, 5.74) is 8.26. The minimum absolute atomic E-state index is 0.102. The van der Waals surface area contributed by atoms with Gasteiger partial charge in [0.15, 0.2) is 5.65 Å². The van der Waals surface area contributed by atoms with Crippen molar-refractivity contribution in [3.8, 4) is 11.1 Å². The molecular formula is C25H24FN5. The van der Waals surface area contributed by atoms with E-state index in [-0.39, 0.29) is 5.82 Å². The highest BCUT2D eigenvalue weighted by Crippen LogP contribution is 2.40. The summed E-state index contributed by atoms with van der Waals surface area (Å²) in [5, 5.41) is 8.51. The molecule has 4 aromatic rings. The monoisotopic (exact) mass is 413 g/mol. The molecule has 6 rings (SSSR count). The maximum absolute atomic E-state index is 14.6. The molecule has 0 unspecified atom stereocenters. The van der Waals surface area contributed by atoms with E-state index in [1.165, 1.54) is 29.7 Å². The molecule has 1 aromatic carbocycles. The zero-order valence-corrected chi connectivity index (χ0v) is 17.6. The Bertz CT molecular complexity index is 1310. The van der Waals surface area contributed by atoms with Crippen LogP contribution < -0.4 is 0 Å². The number of fused-ring (bicyclic) bond motifs is 2. The van der Waals surface area contributed by atoms with Crippen LogP contribution in [0.3, 0.4) is 0 Å². The number of nitrogens with zero attached hydrogens (tertiary/aromatic N) is 5. The Morgan fingerprint density at radius 1 is 1.06 bits per heavy atom. The van der Waals surface area contributed by atoms with Crippen LogP contribution in [0.15, 0.2) is 36.8 Å². The molecule has 0 spiro atoms. The standard InChI is InChI=1S/C25H24FN5/c1-15-18(8-11-23(29-15)17-5-6-17)21-13-27-24(31-14-28-30-25(21)31)12-9-20-19-4-2-3-16(19)7-10-22(20)26/h7-8,10-11,13-14,17H,2-6,9,12H2,1H3. The normalized spacial score (nSPS) is 15.5. The molecule has 5 nitrogen and oxygen atoms in total. The van der Waals surface area contributed by atoms with Gasteiger partial charge in [0.2, 0.25) is 0 Å². The van der Waals surface area contributed by atoms with Crippen LogP contribution >= 0.6 is 0 Å². The molecule has 0 amide bonds. The largest absolute Gasteiger partial charge is 0.269 e. The van der Waals surface area contributed by atoms with Crippen LogP contribution in [0.5, 0.6) is 0 Å². The van der Waals surface area contributed by atoms with Gasteiger partial charge in [0, 0.05) is 41.1 Å². The predicted octanol–water partition coefficient (Wildman–Crippen LogP) is 4.79. The Morgan fingerprint density at radius 3 is 2.81 bits per heavy atom. The first-order valence-electron chi connectivity index (χ1n) is 11.1. The van der Waals surface area contributed by atoms with Crippen LogP contribution in [0.4, 0.5) is 4.39 Å². The van der Waals surface area contributed by atoms with Crippen molar-refractivity contribution in [1.82, 2.24) is 24.6 Å². The quantitative estimate of drug-likeness (QED) is 0.472. The molecule has 2 aliphatic carbocycles. The van der Waals surface area contributed by atoms with Gasteiger partial charge in [-0.05, 0) is 74.3 Å². The number of pyridine rings is 1. The fourth-order valence-corrected chi connectivity index (χ4v) is 4.93. The van der Waals surface area contributed by atoms with Crippen LogP contribution in [0, 0.1) is 12.7 Å². The topological polar surface area (TPSA) is 56.0 Å². The number of hydrogen-bond acceptors (Lipinski definition) is 4. The predicted molar refractivity (Wildman–Crippen MR) is 117 cm³/mol. The van der Waals surface area contributed by atoms with Gasteiger partial charge in [-0.25, -0.2) is 9.37 Å². The van der Waals surface area contributed by atoms with E-state index in [1.54, 1.807) is 12.4 Å². The van der Waals surface area contributed by atoms with Crippen molar-refractivity contribution in [1.29, 1.82) is 0 Å². The van der Waals surface area contributed by atoms with E-state index >= 15 is 0 Å². The Hall–Kier alpha value is -3.15. The molecule has 0 saturated heterocycles. The molecule has 6 heteroatoms. The highest BCUT2D eigenvalue weighted by atomic mass is 19.1. The molecule has 3 heterocycles. The van der Waals surface area contributed by atoms with Gasteiger partial charge < -0.3 is 0 Å². The first-order chi connectivity index (χ1) is 15.2. The molecule has 0 bridgehead atoms. The molecule has 156 valence electrons. The average Bonchev–Trinajstić information content (AvgIpc) is 3.30. The molecule has 31 heavy (non-hydrogen) atoms. The third kappa shape index (κ3) is 3.21. The Kier molecular flexibility index (Phi) is 4.33. The van der Waals surface area contributed by atoms with E-state index in [1.807, 2.05) is 23.6 Å². The summed E-state index contributed by atoms with van der Waals surface area (Å²) in [6, 6.07) is 7.81. The second-order valence-corrected chi connectivity index (χ2v) is 8.77. The van der Waals surface area contributed by atoms with Crippen molar-refractivity contribution >= 4 is 5.65 Å². The lowest BCUT2D eigenvalue weighted by molar-refractivity contribution is 0.603. The van der Waals surface area contributed by atoms with Gasteiger partial charge in [-0.3, -0.25) is 9.38 Å². The van der Waals surface area contributed by atoms with E-state index in [9.17, 15) is 4.39 Å². The Labute approximate surface area is 180 Å². The molecule has 1 fully saturated rings. The van der Waals surface area contributed by atoms with Gasteiger partial charge >= 0.3 is 0 Å². The SMILES string of the molecule is Cc1nc(C2CC2)ccc1-c1cnc(CCc2c(F)ccc3c2CCC3)n2cnnc12. The first kappa shape index (κ1) is 18.6. The van der Waals surface area contributed by atoms with Gasteiger partial charge in [0.25, 0.3) is 0 Å².